The summed E-state index contributed by atoms with van der Waals surface area (Å²) in [7, 11) is 0. The standard InChI is InChI=1S/C17H24O3/c1-11(2)8-9-20-16(19)15-13-7-5-6-12(3)17(13,4)10-14(15)18/h11H,3,5-10H2,1-2,4H3/t17-/m1/s1. The molecule has 0 saturated heterocycles. The Hall–Kier alpha value is -1.38. The summed E-state index contributed by atoms with van der Waals surface area (Å²) in [5.74, 6) is -0.0105. The summed E-state index contributed by atoms with van der Waals surface area (Å²) in [6.45, 7) is 10.7. The third-order valence-electron chi connectivity index (χ3n) is 4.58. The van der Waals surface area contributed by atoms with E-state index in [1.54, 1.807) is 0 Å². The van der Waals surface area contributed by atoms with E-state index >= 15 is 0 Å². The molecule has 0 aromatic heterocycles. The zero-order valence-electron chi connectivity index (χ0n) is 12.8. The van der Waals surface area contributed by atoms with Crippen LogP contribution in [0.25, 0.3) is 0 Å². The van der Waals surface area contributed by atoms with E-state index in [4.69, 9.17) is 4.74 Å². The lowest BCUT2D eigenvalue weighted by Crippen LogP contribution is -2.23. The average Bonchev–Trinajstić information content (AvgIpc) is 2.61. The van der Waals surface area contributed by atoms with Crippen LogP contribution in [-0.4, -0.2) is 18.4 Å². The van der Waals surface area contributed by atoms with Crippen molar-refractivity contribution in [3.05, 3.63) is 23.3 Å². The topological polar surface area (TPSA) is 43.4 Å². The molecule has 3 nitrogen and oxygen atoms in total. The smallest absolute Gasteiger partial charge is 0.341 e. The van der Waals surface area contributed by atoms with Crippen molar-refractivity contribution in [3.63, 3.8) is 0 Å². The highest BCUT2D eigenvalue weighted by Gasteiger charge is 2.47. The van der Waals surface area contributed by atoms with Gasteiger partial charge in [0.1, 0.15) is 5.57 Å². The molecule has 0 bridgehead atoms. The van der Waals surface area contributed by atoms with E-state index in [0.717, 1.165) is 36.8 Å². The van der Waals surface area contributed by atoms with E-state index in [0.29, 0.717) is 24.5 Å². The first-order valence-corrected chi connectivity index (χ1v) is 7.48. The fourth-order valence-corrected chi connectivity index (χ4v) is 3.15. The van der Waals surface area contributed by atoms with Gasteiger partial charge in [0.05, 0.1) is 6.61 Å². The number of fused-ring (bicyclic) bond motifs is 1. The molecule has 0 amide bonds. The second kappa shape index (κ2) is 5.55. The maximum atomic E-state index is 12.2. The number of carbonyl (C=O) groups excluding carboxylic acids is 2. The molecule has 0 radical (unpaired) electrons. The van der Waals surface area contributed by atoms with Crippen LogP contribution in [0, 0.1) is 11.3 Å². The zero-order chi connectivity index (χ0) is 14.9. The van der Waals surface area contributed by atoms with Gasteiger partial charge in [-0.1, -0.05) is 32.9 Å². The van der Waals surface area contributed by atoms with Crippen LogP contribution in [-0.2, 0) is 14.3 Å². The highest BCUT2D eigenvalue weighted by atomic mass is 16.5. The minimum atomic E-state index is -0.427. The van der Waals surface area contributed by atoms with Gasteiger partial charge in [-0.3, -0.25) is 4.79 Å². The fourth-order valence-electron chi connectivity index (χ4n) is 3.15. The number of ketones is 1. The summed E-state index contributed by atoms with van der Waals surface area (Å²) >= 11 is 0. The fraction of sp³-hybridized carbons (Fsp3) is 0.647. The normalized spacial score (nSPS) is 26.2. The first kappa shape index (κ1) is 15.0. The van der Waals surface area contributed by atoms with Gasteiger partial charge >= 0.3 is 5.97 Å². The number of Topliss-reactive ketones (excluding diaryl/α,β-unsaturated/α-hetero) is 1. The number of ether oxygens (including phenoxy) is 1. The van der Waals surface area contributed by atoms with E-state index in [2.05, 4.69) is 20.4 Å². The van der Waals surface area contributed by atoms with Crippen molar-refractivity contribution in [2.45, 2.75) is 52.9 Å². The summed E-state index contributed by atoms with van der Waals surface area (Å²) in [5, 5.41) is 0. The maximum Gasteiger partial charge on any atom is 0.341 e. The molecule has 20 heavy (non-hydrogen) atoms. The van der Waals surface area contributed by atoms with Crippen LogP contribution in [0.3, 0.4) is 0 Å². The van der Waals surface area contributed by atoms with Gasteiger partial charge in [-0.25, -0.2) is 4.79 Å². The number of allylic oxidation sites excluding steroid dienone is 2. The SMILES string of the molecule is C=C1CCCC2=C(C(=O)OCCC(C)C)C(=O)C[C@]12C. The molecule has 0 N–H and O–H groups in total. The molecule has 1 saturated carbocycles. The number of hydrogen-bond donors (Lipinski definition) is 0. The lowest BCUT2D eigenvalue weighted by Gasteiger charge is -2.34. The van der Waals surface area contributed by atoms with Gasteiger partial charge in [-0.15, -0.1) is 0 Å². The van der Waals surface area contributed by atoms with E-state index < -0.39 is 5.97 Å². The Bertz CT molecular complexity index is 484. The molecule has 3 heteroatoms. The van der Waals surface area contributed by atoms with Crippen LogP contribution >= 0.6 is 0 Å². The van der Waals surface area contributed by atoms with Crippen molar-refractivity contribution in [2.75, 3.05) is 6.61 Å². The monoisotopic (exact) mass is 276 g/mol. The number of esters is 1. The third kappa shape index (κ3) is 2.58. The molecule has 2 aliphatic carbocycles. The third-order valence-corrected chi connectivity index (χ3v) is 4.58. The second-order valence-corrected chi connectivity index (χ2v) is 6.56. The van der Waals surface area contributed by atoms with E-state index in [1.165, 1.54) is 0 Å². The summed E-state index contributed by atoms with van der Waals surface area (Å²) in [6.07, 6.45) is 3.95. The maximum absolute atomic E-state index is 12.2. The van der Waals surface area contributed by atoms with Gasteiger partial charge in [-0.2, -0.15) is 0 Å². The Kier molecular flexibility index (Phi) is 4.17. The lowest BCUT2D eigenvalue weighted by molar-refractivity contribution is -0.140. The first-order chi connectivity index (χ1) is 9.36. The molecule has 0 aliphatic heterocycles. The largest absolute Gasteiger partial charge is 0.462 e. The summed E-state index contributed by atoms with van der Waals surface area (Å²) in [4.78, 5) is 24.4. The van der Waals surface area contributed by atoms with Crippen molar-refractivity contribution >= 4 is 11.8 Å². The van der Waals surface area contributed by atoms with Crippen LogP contribution < -0.4 is 0 Å². The Morgan fingerprint density at radius 2 is 2.10 bits per heavy atom. The second-order valence-electron chi connectivity index (χ2n) is 6.56. The molecule has 1 atom stereocenters. The van der Waals surface area contributed by atoms with Crippen molar-refractivity contribution < 1.29 is 14.3 Å². The van der Waals surface area contributed by atoms with Crippen LogP contribution in [0.4, 0.5) is 0 Å². The van der Waals surface area contributed by atoms with Gasteiger partial charge in [0, 0.05) is 11.8 Å². The average molecular weight is 276 g/mol. The molecule has 110 valence electrons. The van der Waals surface area contributed by atoms with Crippen LogP contribution in [0.2, 0.25) is 0 Å². The minimum absolute atomic E-state index is 0.0694. The van der Waals surface area contributed by atoms with Crippen molar-refractivity contribution in [1.29, 1.82) is 0 Å². The minimum Gasteiger partial charge on any atom is -0.462 e. The zero-order valence-corrected chi connectivity index (χ0v) is 12.8. The molecular formula is C17H24O3. The molecule has 0 spiro atoms. The van der Waals surface area contributed by atoms with Crippen LogP contribution in [0.5, 0.6) is 0 Å². The molecule has 0 aromatic carbocycles. The predicted molar refractivity (Wildman–Crippen MR) is 78.2 cm³/mol. The lowest BCUT2D eigenvalue weighted by atomic mass is 9.69. The Morgan fingerprint density at radius 1 is 1.40 bits per heavy atom. The first-order valence-electron chi connectivity index (χ1n) is 7.48. The number of carbonyl (C=O) groups is 2. The highest BCUT2D eigenvalue weighted by molar-refractivity contribution is 6.20. The molecule has 2 aliphatic rings. The summed E-state index contributed by atoms with van der Waals surface area (Å²) < 4.78 is 5.29. The van der Waals surface area contributed by atoms with Crippen LogP contribution in [0.1, 0.15) is 52.9 Å². The summed E-state index contributed by atoms with van der Waals surface area (Å²) in [5.41, 5.74) is 2.06. The Balaban J connectivity index is 2.18. The van der Waals surface area contributed by atoms with E-state index in [9.17, 15) is 9.59 Å². The van der Waals surface area contributed by atoms with Crippen molar-refractivity contribution in [3.8, 4) is 0 Å². The number of rotatable bonds is 4. The van der Waals surface area contributed by atoms with Gasteiger partial charge in [0.15, 0.2) is 5.78 Å². The van der Waals surface area contributed by atoms with E-state index in [-0.39, 0.29) is 11.2 Å². The molecule has 0 heterocycles. The number of hydrogen-bond acceptors (Lipinski definition) is 3. The highest BCUT2D eigenvalue weighted by Crippen LogP contribution is 2.52. The molecule has 0 unspecified atom stereocenters. The van der Waals surface area contributed by atoms with Crippen molar-refractivity contribution in [1.82, 2.24) is 0 Å². The van der Waals surface area contributed by atoms with Gasteiger partial charge in [-0.05, 0) is 37.2 Å². The van der Waals surface area contributed by atoms with Gasteiger partial charge in [0.2, 0.25) is 0 Å². The molecule has 1 fully saturated rings. The molecular weight excluding hydrogens is 252 g/mol. The van der Waals surface area contributed by atoms with Gasteiger partial charge < -0.3 is 4.74 Å². The Morgan fingerprint density at radius 3 is 2.75 bits per heavy atom. The predicted octanol–water partition coefficient (Wildman–Crippen LogP) is 3.59. The quantitative estimate of drug-likeness (QED) is 0.448. The van der Waals surface area contributed by atoms with Gasteiger partial charge in [0.25, 0.3) is 0 Å². The molecule has 2 rings (SSSR count). The summed E-state index contributed by atoms with van der Waals surface area (Å²) in [6, 6.07) is 0. The van der Waals surface area contributed by atoms with E-state index in [1.807, 2.05) is 6.92 Å². The van der Waals surface area contributed by atoms with Crippen LogP contribution in [0.15, 0.2) is 23.3 Å². The molecule has 0 aromatic rings. The van der Waals surface area contributed by atoms with Crippen molar-refractivity contribution in [2.24, 2.45) is 11.3 Å². The Labute approximate surface area is 121 Å².